The topological polar surface area (TPSA) is 80.7 Å². The maximum absolute atomic E-state index is 11.9. The van der Waals surface area contributed by atoms with E-state index in [-0.39, 0.29) is 41.3 Å². The molecule has 1 unspecified atom stereocenters. The molecular formula is C15H18O5. The van der Waals surface area contributed by atoms with Crippen molar-refractivity contribution in [2.45, 2.75) is 32.8 Å². The van der Waals surface area contributed by atoms with Gasteiger partial charge in [-0.1, -0.05) is 0 Å². The van der Waals surface area contributed by atoms with Crippen LogP contribution in [0.4, 0.5) is 0 Å². The summed E-state index contributed by atoms with van der Waals surface area (Å²) in [6.07, 6.45) is -1.00. The molecule has 1 rings (SSSR count). The number of carbonyl (C=O) groups excluding carboxylic acids is 3. The second-order valence-corrected chi connectivity index (χ2v) is 4.73. The number of aliphatic hydroxyl groups is 1. The third-order valence-corrected chi connectivity index (χ3v) is 2.68. The van der Waals surface area contributed by atoms with Gasteiger partial charge in [-0.2, -0.15) is 0 Å². The van der Waals surface area contributed by atoms with E-state index in [0.717, 1.165) is 0 Å². The number of aliphatic hydroxyl groups excluding tert-OH is 1. The first kappa shape index (κ1) is 16.0. The van der Waals surface area contributed by atoms with Gasteiger partial charge in [-0.15, -0.1) is 0 Å². The smallest absolute Gasteiger partial charge is 0.170 e. The van der Waals surface area contributed by atoms with Crippen LogP contribution in [0.2, 0.25) is 0 Å². The van der Waals surface area contributed by atoms with Gasteiger partial charge in [-0.25, -0.2) is 0 Å². The Morgan fingerprint density at radius 1 is 1.15 bits per heavy atom. The van der Waals surface area contributed by atoms with Crippen molar-refractivity contribution in [2.75, 3.05) is 7.11 Å². The lowest BCUT2D eigenvalue weighted by atomic mass is 9.99. The van der Waals surface area contributed by atoms with Crippen molar-refractivity contribution in [3.8, 4) is 5.75 Å². The van der Waals surface area contributed by atoms with Crippen LogP contribution in [0.25, 0.3) is 0 Å². The zero-order valence-corrected chi connectivity index (χ0v) is 11.8. The zero-order valence-electron chi connectivity index (χ0n) is 11.8. The Labute approximate surface area is 117 Å². The summed E-state index contributed by atoms with van der Waals surface area (Å²) in [5.41, 5.74) is 0.547. The first-order valence-corrected chi connectivity index (χ1v) is 6.26. The fourth-order valence-corrected chi connectivity index (χ4v) is 1.75. The number of ether oxygens (including phenoxy) is 1. The van der Waals surface area contributed by atoms with Crippen LogP contribution >= 0.6 is 0 Å². The van der Waals surface area contributed by atoms with Gasteiger partial charge in [-0.3, -0.25) is 14.4 Å². The number of Topliss-reactive ketones (excluding diaryl/α,β-unsaturated/α-hetero) is 3. The summed E-state index contributed by atoms with van der Waals surface area (Å²) in [6, 6.07) is 4.43. The van der Waals surface area contributed by atoms with Gasteiger partial charge in [0.15, 0.2) is 11.6 Å². The highest BCUT2D eigenvalue weighted by molar-refractivity contribution is 6.09. The Morgan fingerprint density at radius 2 is 1.70 bits per heavy atom. The number of rotatable bonds is 7. The Morgan fingerprint density at radius 3 is 2.15 bits per heavy atom. The van der Waals surface area contributed by atoms with Crippen molar-refractivity contribution in [1.29, 1.82) is 0 Å². The maximum Gasteiger partial charge on any atom is 0.170 e. The van der Waals surface area contributed by atoms with Crippen LogP contribution < -0.4 is 4.74 Å². The Hall–Kier alpha value is -2.01. The minimum Gasteiger partial charge on any atom is -0.497 e. The fraction of sp³-hybridized carbons (Fsp3) is 0.400. The molecule has 5 nitrogen and oxygen atoms in total. The molecular weight excluding hydrogens is 260 g/mol. The van der Waals surface area contributed by atoms with E-state index in [1.54, 1.807) is 0 Å². The summed E-state index contributed by atoms with van der Waals surface area (Å²) < 4.78 is 5.05. The standard InChI is InChI=1S/C15H18O5/c1-9(16)4-14(18)11-6-12(8-13(7-11)20-3)15(19)5-10(2)17/h6-9,16H,4-5H2,1-3H3. The summed E-state index contributed by atoms with van der Waals surface area (Å²) in [5.74, 6) is -0.513. The van der Waals surface area contributed by atoms with Crippen LogP contribution in [0.5, 0.6) is 5.75 Å². The molecule has 1 N–H and O–H groups in total. The summed E-state index contributed by atoms with van der Waals surface area (Å²) in [7, 11) is 1.43. The number of carbonyl (C=O) groups is 3. The molecule has 1 atom stereocenters. The normalized spacial score (nSPS) is 11.8. The number of ketones is 3. The van der Waals surface area contributed by atoms with Crippen LogP contribution in [0.3, 0.4) is 0 Å². The lowest BCUT2D eigenvalue weighted by molar-refractivity contribution is -0.116. The van der Waals surface area contributed by atoms with Crippen LogP contribution in [-0.2, 0) is 4.79 Å². The van der Waals surface area contributed by atoms with Gasteiger partial charge in [-0.05, 0) is 32.0 Å². The molecule has 1 aromatic carbocycles. The molecule has 0 bridgehead atoms. The minimum absolute atomic E-state index is 0.0342. The number of hydrogen-bond acceptors (Lipinski definition) is 5. The predicted molar refractivity (Wildman–Crippen MR) is 73.3 cm³/mol. The molecule has 0 aromatic heterocycles. The summed E-state index contributed by atoms with van der Waals surface area (Å²) in [4.78, 5) is 34.8. The maximum atomic E-state index is 11.9. The molecule has 5 heteroatoms. The molecule has 0 heterocycles. The van der Waals surface area contributed by atoms with Gasteiger partial charge in [0, 0.05) is 17.5 Å². The van der Waals surface area contributed by atoms with E-state index in [4.69, 9.17) is 4.74 Å². The van der Waals surface area contributed by atoms with Crippen molar-refractivity contribution >= 4 is 17.3 Å². The molecule has 108 valence electrons. The first-order valence-electron chi connectivity index (χ1n) is 6.26. The Kier molecular flexibility index (Phi) is 5.58. The van der Waals surface area contributed by atoms with Crippen LogP contribution in [0.1, 0.15) is 47.4 Å². The number of benzene rings is 1. The van der Waals surface area contributed by atoms with Gasteiger partial charge < -0.3 is 9.84 Å². The molecule has 0 radical (unpaired) electrons. The molecule has 0 spiro atoms. The van der Waals surface area contributed by atoms with Crippen molar-refractivity contribution in [1.82, 2.24) is 0 Å². The highest BCUT2D eigenvalue weighted by atomic mass is 16.5. The Bertz CT molecular complexity index is 531. The fourth-order valence-electron chi connectivity index (χ4n) is 1.75. The van der Waals surface area contributed by atoms with E-state index in [9.17, 15) is 19.5 Å². The third-order valence-electron chi connectivity index (χ3n) is 2.68. The summed E-state index contributed by atoms with van der Waals surface area (Å²) in [6.45, 7) is 2.84. The lowest BCUT2D eigenvalue weighted by Crippen LogP contribution is -2.11. The molecule has 0 fully saturated rings. The van der Waals surface area contributed by atoms with Crippen molar-refractivity contribution in [3.05, 3.63) is 29.3 Å². The first-order chi connectivity index (χ1) is 9.33. The highest BCUT2D eigenvalue weighted by Gasteiger charge is 2.15. The van der Waals surface area contributed by atoms with Crippen molar-refractivity contribution in [2.24, 2.45) is 0 Å². The van der Waals surface area contributed by atoms with E-state index < -0.39 is 6.10 Å². The molecule has 0 aliphatic heterocycles. The van der Waals surface area contributed by atoms with Crippen molar-refractivity contribution in [3.63, 3.8) is 0 Å². The van der Waals surface area contributed by atoms with E-state index in [0.29, 0.717) is 5.75 Å². The van der Waals surface area contributed by atoms with Crippen LogP contribution in [0.15, 0.2) is 18.2 Å². The molecule has 0 aliphatic rings. The molecule has 20 heavy (non-hydrogen) atoms. The quantitative estimate of drug-likeness (QED) is 0.607. The van der Waals surface area contributed by atoms with E-state index >= 15 is 0 Å². The van der Waals surface area contributed by atoms with E-state index in [2.05, 4.69) is 0 Å². The number of methoxy groups -OCH3 is 1. The SMILES string of the molecule is COc1cc(C(=O)CC(C)=O)cc(C(=O)CC(C)O)c1. The van der Waals surface area contributed by atoms with Gasteiger partial charge in [0.2, 0.25) is 0 Å². The van der Waals surface area contributed by atoms with E-state index in [1.807, 2.05) is 0 Å². The van der Waals surface area contributed by atoms with Gasteiger partial charge >= 0.3 is 0 Å². The summed E-state index contributed by atoms with van der Waals surface area (Å²) in [5, 5.41) is 9.24. The molecule has 1 aromatic rings. The predicted octanol–water partition coefficient (Wildman–Crippen LogP) is 1.81. The van der Waals surface area contributed by atoms with E-state index in [1.165, 1.54) is 39.2 Å². The van der Waals surface area contributed by atoms with Crippen molar-refractivity contribution < 1.29 is 24.2 Å². The molecule has 0 saturated heterocycles. The third kappa shape index (κ3) is 4.59. The summed E-state index contributed by atoms with van der Waals surface area (Å²) >= 11 is 0. The second-order valence-electron chi connectivity index (χ2n) is 4.73. The van der Waals surface area contributed by atoms with Crippen LogP contribution in [-0.4, -0.2) is 35.7 Å². The highest BCUT2D eigenvalue weighted by Crippen LogP contribution is 2.20. The molecule has 0 saturated carbocycles. The Balaban J connectivity index is 3.11. The largest absolute Gasteiger partial charge is 0.497 e. The molecule has 0 aliphatic carbocycles. The van der Waals surface area contributed by atoms with Gasteiger partial charge in [0.1, 0.15) is 11.5 Å². The lowest BCUT2D eigenvalue weighted by Gasteiger charge is -2.09. The minimum atomic E-state index is -0.759. The van der Waals surface area contributed by atoms with Gasteiger partial charge in [0.05, 0.1) is 19.6 Å². The zero-order chi connectivity index (χ0) is 15.3. The van der Waals surface area contributed by atoms with Gasteiger partial charge in [0.25, 0.3) is 0 Å². The average Bonchev–Trinajstić information content (AvgIpc) is 2.36. The monoisotopic (exact) mass is 278 g/mol. The average molecular weight is 278 g/mol. The number of hydrogen-bond donors (Lipinski definition) is 1. The second kappa shape index (κ2) is 6.96. The molecule has 0 amide bonds. The van der Waals surface area contributed by atoms with Crippen LogP contribution in [0, 0.1) is 0 Å².